The highest BCUT2D eigenvalue weighted by Gasteiger charge is 2.31. The van der Waals surface area contributed by atoms with Crippen LogP contribution in [0, 0.1) is 5.92 Å². The monoisotopic (exact) mass is 417 g/mol. The second-order valence-electron chi connectivity index (χ2n) is 6.82. The van der Waals surface area contributed by atoms with Gasteiger partial charge in [-0.15, -0.1) is 0 Å². The molecule has 12 nitrogen and oxygen atoms in total. The maximum absolute atomic E-state index is 12.7. The summed E-state index contributed by atoms with van der Waals surface area (Å²) >= 11 is 0. The van der Waals surface area contributed by atoms with E-state index in [4.69, 9.17) is 16.6 Å². The smallest absolute Gasteiger partial charge is 0.322 e. The Hall–Kier alpha value is -2.73. The summed E-state index contributed by atoms with van der Waals surface area (Å²) in [5, 5.41) is 25.1. The van der Waals surface area contributed by atoms with Crippen molar-refractivity contribution < 1.29 is 34.2 Å². The molecule has 0 saturated carbocycles. The summed E-state index contributed by atoms with van der Waals surface area (Å²) in [5.74, 6) is -4.58. The molecule has 0 aliphatic heterocycles. The molecule has 0 saturated heterocycles. The average molecular weight is 417 g/mol. The van der Waals surface area contributed by atoms with Crippen LogP contribution in [0.25, 0.3) is 0 Å². The van der Waals surface area contributed by atoms with Crippen LogP contribution < -0.4 is 27.4 Å². The number of carboxylic acids is 1. The van der Waals surface area contributed by atoms with Crippen LogP contribution in [0.15, 0.2) is 0 Å². The van der Waals surface area contributed by atoms with Crippen molar-refractivity contribution in [2.24, 2.45) is 17.4 Å². The molecule has 0 spiro atoms. The lowest BCUT2D eigenvalue weighted by molar-refractivity contribution is -0.139. The molecule has 12 heteroatoms. The minimum Gasteiger partial charge on any atom is -0.480 e. The highest BCUT2D eigenvalue weighted by Crippen LogP contribution is 2.09. The molecule has 0 fully saturated rings. The number of carbonyl (C=O) groups excluding carboxylic acids is 4. The van der Waals surface area contributed by atoms with Crippen LogP contribution in [-0.2, 0) is 24.0 Å². The number of hydrogen-bond acceptors (Lipinski definition) is 7. The topological polar surface area (TPSA) is 214 Å². The first-order chi connectivity index (χ1) is 13.4. The number of nitrogens with one attached hydrogen (secondary N) is 3. The van der Waals surface area contributed by atoms with E-state index in [9.17, 15) is 29.1 Å². The number of carbonyl (C=O) groups is 5. The van der Waals surface area contributed by atoms with Crippen molar-refractivity contribution in [3.63, 3.8) is 0 Å². The first-order valence-corrected chi connectivity index (χ1v) is 9.22. The zero-order valence-electron chi connectivity index (χ0n) is 16.8. The van der Waals surface area contributed by atoms with E-state index in [0.29, 0.717) is 6.42 Å². The van der Waals surface area contributed by atoms with Crippen molar-refractivity contribution in [3.8, 4) is 0 Å². The minimum absolute atomic E-state index is 0.149. The minimum atomic E-state index is -1.30. The van der Waals surface area contributed by atoms with Gasteiger partial charge in [-0.1, -0.05) is 20.3 Å². The van der Waals surface area contributed by atoms with Crippen molar-refractivity contribution in [2.75, 3.05) is 6.54 Å². The number of aliphatic hydroxyl groups is 1. The van der Waals surface area contributed by atoms with Gasteiger partial charge in [-0.25, -0.2) is 0 Å². The van der Waals surface area contributed by atoms with Crippen molar-refractivity contribution in [1.82, 2.24) is 16.0 Å². The normalized spacial score (nSPS) is 15.9. The van der Waals surface area contributed by atoms with E-state index in [2.05, 4.69) is 16.0 Å². The van der Waals surface area contributed by atoms with Gasteiger partial charge in [-0.3, -0.25) is 24.0 Å². The summed E-state index contributed by atoms with van der Waals surface area (Å²) in [6.45, 7) is 4.15. The van der Waals surface area contributed by atoms with Crippen LogP contribution in [-0.4, -0.2) is 70.6 Å². The van der Waals surface area contributed by atoms with E-state index in [1.165, 1.54) is 6.92 Å². The Morgan fingerprint density at radius 1 is 1.00 bits per heavy atom. The Balaban J connectivity index is 5.37. The van der Waals surface area contributed by atoms with Crippen LogP contribution >= 0.6 is 0 Å². The largest absolute Gasteiger partial charge is 0.480 e. The molecule has 0 aromatic rings. The number of hydrogen-bond donors (Lipinski definition) is 7. The van der Waals surface area contributed by atoms with Gasteiger partial charge in [0.2, 0.25) is 23.6 Å². The van der Waals surface area contributed by atoms with E-state index in [0.717, 1.165) is 0 Å². The lowest BCUT2D eigenvalue weighted by Gasteiger charge is -2.27. The standard InChI is InChI=1S/C17H31N5O7/c1-4-8(2)14(17(29)20-7-12(25)26)22-15(27)10(5-6-11(18)24)21-16(28)13(19)9(3)23/h8-10,13-14,23H,4-7,19H2,1-3H3,(H2,18,24)(H,20,29)(H,21,28)(H,22,27)(H,25,26)/t8-,9+,10-,13-,14-/m0/s1. The van der Waals surface area contributed by atoms with Gasteiger partial charge in [0.25, 0.3) is 0 Å². The van der Waals surface area contributed by atoms with Crippen molar-refractivity contribution in [2.45, 2.75) is 64.3 Å². The average Bonchev–Trinajstić information content (AvgIpc) is 2.65. The number of amides is 4. The van der Waals surface area contributed by atoms with E-state index < -0.39 is 60.4 Å². The predicted molar refractivity (Wildman–Crippen MR) is 102 cm³/mol. The molecule has 4 amide bonds. The quantitative estimate of drug-likeness (QED) is 0.165. The number of rotatable bonds is 13. The van der Waals surface area contributed by atoms with E-state index in [1.54, 1.807) is 13.8 Å². The first kappa shape index (κ1) is 26.3. The molecule has 9 N–H and O–H groups in total. The molecule has 0 aromatic carbocycles. The first-order valence-electron chi connectivity index (χ1n) is 9.22. The van der Waals surface area contributed by atoms with E-state index in [1.807, 2.05) is 0 Å². The number of carboxylic acid groups (broad SMARTS) is 1. The number of nitrogens with two attached hydrogens (primary N) is 2. The number of aliphatic carboxylic acids is 1. The van der Waals surface area contributed by atoms with Gasteiger partial charge in [0.1, 0.15) is 24.7 Å². The maximum atomic E-state index is 12.7. The molecular formula is C17H31N5O7. The third kappa shape index (κ3) is 9.85. The second-order valence-corrected chi connectivity index (χ2v) is 6.82. The summed E-state index contributed by atoms with van der Waals surface area (Å²) in [6.07, 6.45) is -1.05. The van der Waals surface area contributed by atoms with Gasteiger partial charge in [0, 0.05) is 6.42 Å². The van der Waals surface area contributed by atoms with E-state index >= 15 is 0 Å². The van der Waals surface area contributed by atoms with Crippen LogP contribution in [0.5, 0.6) is 0 Å². The summed E-state index contributed by atoms with van der Waals surface area (Å²) in [7, 11) is 0. The molecule has 166 valence electrons. The zero-order valence-corrected chi connectivity index (χ0v) is 16.8. The van der Waals surface area contributed by atoms with Gasteiger partial charge >= 0.3 is 5.97 Å². The van der Waals surface area contributed by atoms with Crippen molar-refractivity contribution >= 4 is 29.6 Å². The lowest BCUT2D eigenvalue weighted by atomic mass is 9.97. The molecular weight excluding hydrogens is 386 g/mol. The molecule has 0 bridgehead atoms. The molecule has 29 heavy (non-hydrogen) atoms. The number of primary amides is 1. The van der Waals surface area contributed by atoms with Crippen LogP contribution in [0.2, 0.25) is 0 Å². The molecule has 0 aliphatic carbocycles. The number of aliphatic hydroxyl groups excluding tert-OH is 1. The predicted octanol–water partition coefficient (Wildman–Crippen LogP) is -2.82. The van der Waals surface area contributed by atoms with Gasteiger partial charge < -0.3 is 37.6 Å². The summed E-state index contributed by atoms with van der Waals surface area (Å²) in [5.41, 5.74) is 10.6. The SMILES string of the molecule is CC[C@H](C)[C@H](NC(=O)[C@H](CCC(N)=O)NC(=O)[C@@H](N)[C@@H](C)O)C(=O)NCC(=O)O. The molecule has 0 heterocycles. The Morgan fingerprint density at radius 3 is 2.03 bits per heavy atom. The third-order valence-corrected chi connectivity index (χ3v) is 4.34. The highest BCUT2D eigenvalue weighted by atomic mass is 16.4. The Labute approximate surface area is 168 Å². The Kier molecular flexibility index (Phi) is 11.5. The third-order valence-electron chi connectivity index (χ3n) is 4.34. The fourth-order valence-corrected chi connectivity index (χ4v) is 2.27. The molecule has 0 radical (unpaired) electrons. The Morgan fingerprint density at radius 2 is 1.59 bits per heavy atom. The van der Waals surface area contributed by atoms with E-state index in [-0.39, 0.29) is 18.8 Å². The van der Waals surface area contributed by atoms with Crippen LogP contribution in [0.4, 0.5) is 0 Å². The zero-order chi connectivity index (χ0) is 22.7. The summed E-state index contributed by atoms with van der Waals surface area (Å²) in [4.78, 5) is 58.8. The fraction of sp³-hybridized carbons (Fsp3) is 0.706. The Bertz CT molecular complexity index is 611. The van der Waals surface area contributed by atoms with Gasteiger partial charge in [0.15, 0.2) is 0 Å². The summed E-state index contributed by atoms with van der Waals surface area (Å²) < 4.78 is 0. The fourth-order valence-electron chi connectivity index (χ4n) is 2.27. The molecule has 0 aromatic heterocycles. The molecule has 0 rings (SSSR count). The van der Waals surface area contributed by atoms with Crippen LogP contribution in [0.1, 0.15) is 40.0 Å². The van der Waals surface area contributed by atoms with Crippen molar-refractivity contribution in [1.29, 1.82) is 0 Å². The molecule has 5 atom stereocenters. The van der Waals surface area contributed by atoms with Gasteiger partial charge in [0.05, 0.1) is 6.10 Å². The maximum Gasteiger partial charge on any atom is 0.322 e. The van der Waals surface area contributed by atoms with Crippen molar-refractivity contribution in [3.05, 3.63) is 0 Å². The lowest BCUT2D eigenvalue weighted by Crippen LogP contribution is -2.58. The second kappa shape index (κ2) is 12.7. The van der Waals surface area contributed by atoms with Crippen LogP contribution in [0.3, 0.4) is 0 Å². The molecule has 0 aliphatic rings. The highest BCUT2D eigenvalue weighted by molar-refractivity contribution is 5.94. The molecule has 0 unspecified atom stereocenters. The van der Waals surface area contributed by atoms with Gasteiger partial charge in [-0.2, -0.15) is 0 Å². The van der Waals surface area contributed by atoms with Gasteiger partial charge in [-0.05, 0) is 19.3 Å². The summed E-state index contributed by atoms with van der Waals surface area (Å²) in [6, 6.07) is -3.60.